The molecule has 0 saturated carbocycles. The van der Waals surface area contributed by atoms with Crippen LogP contribution in [-0.4, -0.2) is 25.9 Å². The summed E-state index contributed by atoms with van der Waals surface area (Å²) in [5.74, 6) is -0.785. The minimum atomic E-state index is -4.43. The van der Waals surface area contributed by atoms with E-state index in [0.717, 1.165) is 12.1 Å². The van der Waals surface area contributed by atoms with Gasteiger partial charge in [0.15, 0.2) is 5.82 Å². The predicted molar refractivity (Wildman–Crippen MR) is 94.3 cm³/mol. The molecule has 0 bridgehead atoms. The summed E-state index contributed by atoms with van der Waals surface area (Å²) < 4.78 is 39.7. The van der Waals surface area contributed by atoms with Crippen molar-refractivity contribution < 1.29 is 23.1 Å². The van der Waals surface area contributed by atoms with Crippen LogP contribution in [0.5, 0.6) is 0 Å². The van der Waals surface area contributed by atoms with Crippen molar-refractivity contribution >= 4 is 18.2 Å². The van der Waals surface area contributed by atoms with Crippen LogP contribution in [-0.2, 0) is 12.7 Å². The topological polar surface area (TPSA) is 82.9 Å². The molecule has 0 saturated heterocycles. The van der Waals surface area contributed by atoms with Gasteiger partial charge in [0.2, 0.25) is 4.77 Å². The zero-order chi connectivity index (χ0) is 19.6. The molecule has 140 valence electrons. The Balaban J connectivity index is 1.88. The van der Waals surface area contributed by atoms with Crippen molar-refractivity contribution in [1.29, 1.82) is 0 Å². The molecule has 3 N–H and O–H groups in total. The molecular weight excluding hydrogens is 381 g/mol. The Labute approximate surface area is 156 Å². The van der Waals surface area contributed by atoms with Gasteiger partial charge < -0.3 is 10.5 Å². The zero-order valence-electron chi connectivity index (χ0n) is 13.6. The van der Waals surface area contributed by atoms with Gasteiger partial charge in [-0.2, -0.15) is 18.3 Å². The van der Waals surface area contributed by atoms with E-state index in [-0.39, 0.29) is 22.7 Å². The number of alkyl halides is 3. The van der Waals surface area contributed by atoms with E-state index in [1.54, 1.807) is 18.2 Å². The smallest absolute Gasteiger partial charge is 0.416 e. The van der Waals surface area contributed by atoms with Gasteiger partial charge in [-0.3, -0.25) is 0 Å². The third kappa shape index (κ3) is 4.00. The van der Waals surface area contributed by atoms with Gasteiger partial charge in [-0.1, -0.05) is 30.3 Å². The molecule has 10 heteroatoms. The first-order valence-electron chi connectivity index (χ1n) is 7.67. The Kier molecular flexibility index (Phi) is 5.00. The van der Waals surface area contributed by atoms with E-state index < -0.39 is 17.7 Å². The minimum Gasteiger partial charge on any atom is -0.478 e. The first kappa shape index (κ1) is 18.6. The fourth-order valence-corrected chi connectivity index (χ4v) is 2.69. The molecule has 2 aromatic carbocycles. The molecule has 3 aromatic rings. The van der Waals surface area contributed by atoms with E-state index in [1.165, 1.54) is 22.9 Å². The Morgan fingerprint density at radius 2 is 1.85 bits per heavy atom. The number of benzene rings is 2. The molecule has 0 aliphatic rings. The summed E-state index contributed by atoms with van der Waals surface area (Å²) in [5.41, 5.74) is 3.25. The number of nitrogens with one attached hydrogen (secondary N) is 2. The average molecular weight is 394 g/mol. The lowest BCUT2D eigenvalue weighted by Gasteiger charge is -2.12. The summed E-state index contributed by atoms with van der Waals surface area (Å²) >= 11 is 5.14. The van der Waals surface area contributed by atoms with E-state index in [1.807, 2.05) is 0 Å². The number of nitrogens with zero attached hydrogens (tertiary/aromatic N) is 2. The monoisotopic (exact) mass is 394 g/mol. The molecule has 0 aliphatic heterocycles. The summed E-state index contributed by atoms with van der Waals surface area (Å²) in [6.45, 7) is 0.129. The lowest BCUT2D eigenvalue weighted by molar-refractivity contribution is -0.137. The predicted octanol–water partition coefficient (Wildman–Crippen LogP) is 4.07. The zero-order valence-corrected chi connectivity index (χ0v) is 14.4. The number of carbonyl (C=O) groups is 1. The van der Waals surface area contributed by atoms with E-state index in [2.05, 4.69) is 15.6 Å². The van der Waals surface area contributed by atoms with Crippen molar-refractivity contribution in [1.82, 2.24) is 14.9 Å². The quantitative estimate of drug-likeness (QED) is 0.569. The largest absolute Gasteiger partial charge is 0.478 e. The maximum atomic E-state index is 12.7. The first-order chi connectivity index (χ1) is 12.8. The highest BCUT2D eigenvalue weighted by molar-refractivity contribution is 7.71. The highest BCUT2D eigenvalue weighted by Gasteiger charge is 2.30. The molecule has 0 unspecified atom stereocenters. The van der Waals surface area contributed by atoms with Crippen molar-refractivity contribution in [3.63, 3.8) is 0 Å². The number of halogens is 3. The van der Waals surface area contributed by atoms with Crippen LogP contribution in [0.2, 0.25) is 0 Å². The summed E-state index contributed by atoms with van der Waals surface area (Å²) in [6.07, 6.45) is -4.43. The number of hydrogen-bond donors (Lipinski definition) is 3. The number of aromatic nitrogens is 3. The Hall–Kier alpha value is -3.14. The number of aromatic carboxylic acids is 1. The van der Waals surface area contributed by atoms with Crippen LogP contribution in [0.4, 0.5) is 13.2 Å². The molecule has 27 heavy (non-hydrogen) atoms. The summed E-state index contributed by atoms with van der Waals surface area (Å²) in [4.78, 5) is 11.3. The molecular formula is C17H13F3N4O2S. The fraction of sp³-hybridized carbons (Fsp3) is 0.118. The van der Waals surface area contributed by atoms with Crippen molar-refractivity contribution in [2.45, 2.75) is 12.7 Å². The maximum Gasteiger partial charge on any atom is 0.416 e. The Bertz CT molecular complexity index is 1030. The third-order valence-electron chi connectivity index (χ3n) is 3.82. The highest BCUT2D eigenvalue weighted by atomic mass is 32.1. The molecule has 1 heterocycles. The SMILES string of the molecule is O=C(O)c1ccccc1CNn1c(-c2ccc(C(F)(F)F)cc2)n[nH]c1=S. The van der Waals surface area contributed by atoms with Crippen LogP contribution in [0.1, 0.15) is 21.5 Å². The summed E-state index contributed by atoms with van der Waals surface area (Å²) in [7, 11) is 0. The maximum absolute atomic E-state index is 12.7. The van der Waals surface area contributed by atoms with Crippen LogP contribution in [0.25, 0.3) is 11.4 Å². The third-order valence-corrected chi connectivity index (χ3v) is 4.09. The molecule has 0 atom stereocenters. The van der Waals surface area contributed by atoms with E-state index in [4.69, 9.17) is 12.2 Å². The lowest BCUT2D eigenvalue weighted by Crippen LogP contribution is -2.17. The van der Waals surface area contributed by atoms with Gasteiger partial charge in [-0.25, -0.2) is 14.6 Å². The molecule has 0 fully saturated rings. The van der Waals surface area contributed by atoms with Gasteiger partial charge in [-0.05, 0) is 36.0 Å². The second kappa shape index (κ2) is 7.23. The minimum absolute atomic E-state index is 0.129. The molecule has 0 aliphatic carbocycles. The highest BCUT2D eigenvalue weighted by Crippen LogP contribution is 2.30. The van der Waals surface area contributed by atoms with Gasteiger partial charge in [0.25, 0.3) is 0 Å². The molecule has 0 amide bonds. The number of carboxylic acids is 1. The van der Waals surface area contributed by atoms with Crippen molar-refractivity contribution in [3.05, 3.63) is 70.0 Å². The lowest BCUT2D eigenvalue weighted by atomic mass is 10.1. The van der Waals surface area contributed by atoms with E-state index in [0.29, 0.717) is 11.1 Å². The second-order valence-electron chi connectivity index (χ2n) is 5.56. The van der Waals surface area contributed by atoms with Gasteiger partial charge in [0, 0.05) is 5.56 Å². The van der Waals surface area contributed by atoms with Gasteiger partial charge in [-0.15, -0.1) is 0 Å². The number of H-pyrrole nitrogens is 1. The normalized spacial score (nSPS) is 11.4. The van der Waals surface area contributed by atoms with Crippen LogP contribution in [0.3, 0.4) is 0 Å². The van der Waals surface area contributed by atoms with E-state index >= 15 is 0 Å². The number of carboxylic acid groups (broad SMARTS) is 1. The molecule has 6 nitrogen and oxygen atoms in total. The van der Waals surface area contributed by atoms with Gasteiger partial charge >= 0.3 is 12.1 Å². The summed E-state index contributed by atoms with van der Waals surface area (Å²) in [6, 6.07) is 10.9. The Morgan fingerprint density at radius 1 is 1.19 bits per heavy atom. The van der Waals surface area contributed by atoms with Crippen LogP contribution in [0.15, 0.2) is 48.5 Å². The van der Waals surface area contributed by atoms with Crippen molar-refractivity contribution in [2.24, 2.45) is 0 Å². The van der Waals surface area contributed by atoms with Gasteiger partial charge in [0.1, 0.15) is 0 Å². The van der Waals surface area contributed by atoms with Crippen molar-refractivity contribution in [2.75, 3.05) is 5.43 Å². The number of rotatable bonds is 5. The fourth-order valence-electron chi connectivity index (χ4n) is 2.49. The van der Waals surface area contributed by atoms with Crippen LogP contribution in [0, 0.1) is 4.77 Å². The molecule has 0 radical (unpaired) electrons. The number of aromatic amines is 1. The first-order valence-corrected chi connectivity index (χ1v) is 8.08. The molecule has 3 rings (SSSR count). The molecule has 1 aromatic heterocycles. The molecule has 0 spiro atoms. The van der Waals surface area contributed by atoms with E-state index in [9.17, 15) is 23.1 Å². The van der Waals surface area contributed by atoms with Gasteiger partial charge in [0.05, 0.1) is 17.7 Å². The standard InChI is InChI=1S/C17H13F3N4O2S/c18-17(19,20)12-7-5-10(6-8-12)14-22-23-16(27)24(14)21-9-11-3-1-2-4-13(11)15(25)26/h1-8,21H,9H2,(H,23,27)(H,25,26). The second-order valence-corrected chi connectivity index (χ2v) is 5.95. The average Bonchev–Trinajstić information content (AvgIpc) is 3.00. The van der Waals surface area contributed by atoms with Crippen molar-refractivity contribution in [3.8, 4) is 11.4 Å². The van der Waals surface area contributed by atoms with Crippen LogP contribution < -0.4 is 5.43 Å². The van der Waals surface area contributed by atoms with Crippen LogP contribution >= 0.6 is 12.2 Å². The Morgan fingerprint density at radius 3 is 2.48 bits per heavy atom. The summed E-state index contributed by atoms with van der Waals surface area (Å²) in [5, 5.41) is 15.8. The number of hydrogen-bond acceptors (Lipinski definition) is 4.